The highest BCUT2D eigenvalue weighted by molar-refractivity contribution is 5.78. The Balaban J connectivity index is 1.82. The van der Waals surface area contributed by atoms with E-state index in [1.54, 1.807) is 10.7 Å². The van der Waals surface area contributed by atoms with Crippen LogP contribution < -0.4 is 9.64 Å². The highest BCUT2D eigenvalue weighted by Crippen LogP contribution is 2.28. The van der Waals surface area contributed by atoms with Gasteiger partial charge in [0, 0.05) is 24.8 Å². The second-order valence-electron chi connectivity index (χ2n) is 5.78. The lowest BCUT2D eigenvalue weighted by molar-refractivity contribution is 0.104. The van der Waals surface area contributed by atoms with Gasteiger partial charge in [-0.15, -0.1) is 0 Å². The molecule has 1 aromatic carbocycles. The van der Waals surface area contributed by atoms with E-state index in [-0.39, 0.29) is 6.54 Å². The number of fused-ring (bicyclic) bond motifs is 4. The van der Waals surface area contributed by atoms with Crippen molar-refractivity contribution in [3.05, 3.63) is 42.7 Å². The SMILES string of the molecule is FCCN1CCOCCOc2cccc(c2)-c2cnn3ccc1nc23. The molecule has 0 radical (unpaired) electrons. The van der Waals surface area contributed by atoms with Gasteiger partial charge in [0.25, 0.3) is 0 Å². The molecule has 7 heteroatoms. The third-order valence-corrected chi connectivity index (χ3v) is 4.18. The fraction of sp³-hybridized carbons (Fsp3) is 0.333. The molecule has 2 aromatic heterocycles. The van der Waals surface area contributed by atoms with Gasteiger partial charge in [-0.05, 0) is 23.8 Å². The largest absolute Gasteiger partial charge is 0.491 e. The van der Waals surface area contributed by atoms with Gasteiger partial charge in [0.15, 0.2) is 5.65 Å². The van der Waals surface area contributed by atoms with Crippen LogP contribution in [-0.2, 0) is 4.74 Å². The van der Waals surface area contributed by atoms with Crippen molar-refractivity contribution in [3.63, 3.8) is 0 Å². The molecule has 6 nitrogen and oxygen atoms in total. The Morgan fingerprint density at radius 1 is 1.16 bits per heavy atom. The molecule has 4 rings (SSSR count). The number of ether oxygens (including phenoxy) is 2. The van der Waals surface area contributed by atoms with Gasteiger partial charge >= 0.3 is 0 Å². The van der Waals surface area contributed by atoms with E-state index in [0.717, 1.165) is 28.3 Å². The first-order valence-corrected chi connectivity index (χ1v) is 8.31. The van der Waals surface area contributed by atoms with Crippen molar-refractivity contribution >= 4 is 11.5 Å². The van der Waals surface area contributed by atoms with Gasteiger partial charge in [-0.2, -0.15) is 5.10 Å². The van der Waals surface area contributed by atoms with Crippen LogP contribution in [0, 0.1) is 0 Å². The molecule has 0 atom stereocenters. The molecule has 1 aliphatic rings. The summed E-state index contributed by atoms with van der Waals surface area (Å²) in [6.07, 6.45) is 3.64. The predicted molar refractivity (Wildman–Crippen MR) is 92.9 cm³/mol. The van der Waals surface area contributed by atoms with Crippen molar-refractivity contribution in [3.8, 4) is 16.9 Å². The number of rotatable bonds is 2. The number of anilines is 1. The van der Waals surface area contributed by atoms with E-state index < -0.39 is 6.67 Å². The van der Waals surface area contributed by atoms with Crippen LogP contribution in [0.15, 0.2) is 42.7 Å². The Labute approximate surface area is 144 Å². The molecule has 0 N–H and O–H groups in total. The lowest BCUT2D eigenvalue weighted by Crippen LogP contribution is -2.31. The first kappa shape index (κ1) is 15.8. The molecule has 0 saturated carbocycles. The molecule has 3 heterocycles. The van der Waals surface area contributed by atoms with Crippen LogP contribution >= 0.6 is 0 Å². The van der Waals surface area contributed by atoms with E-state index in [9.17, 15) is 4.39 Å². The number of hydrogen-bond donors (Lipinski definition) is 0. The fourth-order valence-corrected chi connectivity index (χ4v) is 2.93. The second kappa shape index (κ2) is 7.06. The molecule has 0 unspecified atom stereocenters. The summed E-state index contributed by atoms with van der Waals surface area (Å²) in [5.41, 5.74) is 2.63. The smallest absolute Gasteiger partial charge is 0.165 e. The van der Waals surface area contributed by atoms with Crippen molar-refractivity contribution in [2.75, 3.05) is 44.5 Å². The van der Waals surface area contributed by atoms with Gasteiger partial charge in [-0.25, -0.2) is 13.9 Å². The first-order chi connectivity index (χ1) is 12.3. The van der Waals surface area contributed by atoms with Crippen molar-refractivity contribution < 1.29 is 13.9 Å². The van der Waals surface area contributed by atoms with E-state index in [4.69, 9.17) is 14.5 Å². The Morgan fingerprint density at radius 3 is 3.04 bits per heavy atom. The Hall–Kier alpha value is -2.67. The summed E-state index contributed by atoms with van der Waals surface area (Å²) < 4.78 is 26.0. The lowest BCUT2D eigenvalue weighted by Gasteiger charge is -2.22. The summed E-state index contributed by atoms with van der Waals surface area (Å²) in [7, 11) is 0. The van der Waals surface area contributed by atoms with Gasteiger partial charge in [-0.3, -0.25) is 0 Å². The van der Waals surface area contributed by atoms with Crippen LogP contribution in [0.3, 0.4) is 0 Å². The molecular formula is C18H19FN4O2. The first-order valence-electron chi connectivity index (χ1n) is 8.31. The van der Waals surface area contributed by atoms with Crippen LogP contribution in [0.25, 0.3) is 16.8 Å². The summed E-state index contributed by atoms with van der Waals surface area (Å²) in [6, 6.07) is 9.68. The average molecular weight is 342 g/mol. The number of alkyl halides is 1. The van der Waals surface area contributed by atoms with Crippen LogP contribution in [0.2, 0.25) is 0 Å². The zero-order chi connectivity index (χ0) is 17.1. The van der Waals surface area contributed by atoms with Crippen molar-refractivity contribution in [2.24, 2.45) is 0 Å². The third kappa shape index (κ3) is 3.28. The maximum Gasteiger partial charge on any atom is 0.165 e. The van der Waals surface area contributed by atoms with E-state index in [0.29, 0.717) is 26.4 Å². The molecule has 25 heavy (non-hydrogen) atoms. The monoisotopic (exact) mass is 342 g/mol. The molecular weight excluding hydrogens is 323 g/mol. The number of nitrogens with zero attached hydrogens (tertiary/aromatic N) is 4. The van der Waals surface area contributed by atoms with Gasteiger partial charge in [0.2, 0.25) is 0 Å². The van der Waals surface area contributed by atoms with E-state index >= 15 is 0 Å². The van der Waals surface area contributed by atoms with Crippen molar-refractivity contribution in [1.29, 1.82) is 0 Å². The highest BCUT2D eigenvalue weighted by atomic mass is 19.1. The molecule has 0 aliphatic carbocycles. The van der Waals surface area contributed by atoms with Crippen LogP contribution in [-0.4, -0.2) is 54.2 Å². The van der Waals surface area contributed by atoms with E-state index in [1.807, 2.05) is 41.4 Å². The highest BCUT2D eigenvalue weighted by Gasteiger charge is 2.14. The van der Waals surface area contributed by atoms with Gasteiger partial charge < -0.3 is 14.4 Å². The predicted octanol–water partition coefficient (Wildman–Crippen LogP) is 2.58. The lowest BCUT2D eigenvalue weighted by atomic mass is 10.1. The Morgan fingerprint density at radius 2 is 2.12 bits per heavy atom. The van der Waals surface area contributed by atoms with E-state index in [2.05, 4.69) is 5.10 Å². The minimum atomic E-state index is -0.440. The van der Waals surface area contributed by atoms with Gasteiger partial charge in [0.1, 0.15) is 24.8 Å². The molecule has 0 spiro atoms. The Bertz CT molecular complexity index is 867. The summed E-state index contributed by atoms with van der Waals surface area (Å²) >= 11 is 0. The van der Waals surface area contributed by atoms with Gasteiger partial charge in [0.05, 0.1) is 19.4 Å². The molecule has 130 valence electrons. The quantitative estimate of drug-likeness (QED) is 0.716. The molecule has 4 bridgehead atoms. The van der Waals surface area contributed by atoms with Crippen molar-refractivity contribution in [1.82, 2.24) is 14.6 Å². The van der Waals surface area contributed by atoms with Crippen molar-refractivity contribution in [2.45, 2.75) is 0 Å². The van der Waals surface area contributed by atoms with Crippen LogP contribution in [0.5, 0.6) is 5.75 Å². The zero-order valence-corrected chi connectivity index (χ0v) is 13.8. The summed E-state index contributed by atoms with van der Waals surface area (Å²) in [4.78, 5) is 6.61. The van der Waals surface area contributed by atoms with Gasteiger partial charge in [-0.1, -0.05) is 12.1 Å². The standard InChI is InChI=1S/C18H19FN4O2/c19-5-7-22-8-9-24-10-11-25-15-3-1-2-14(12-15)16-13-20-23-6-4-17(22)21-18(16)23/h1-4,6,12-13H,5,7-11H2. The van der Waals surface area contributed by atoms with Crippen LogP contribution in [0.1, 0.15) is 0 Å². The number of benzene rings is 1. The topological polar surface area (TPSA) is 51.9 Å². The normalized spacial score (nSPS) is 15.2. The van der Waals surface area contributed by atoms with E-state index in [1.165, 1.54) is 0 Å². The molecule has 3 aromatic rings. The summed E-state index contributed by atoms with van der Waals surface area (Å²) in [6.45, 7) is 1.86. The molecule has 0 saturated heterocycles. The second-order valence-corrected chi connectivity index (χ2v) is 5.78. The minimum absolute atomic E-state index is 0.280. The average Bonchev–Trinajstić information content (AvgIpc) is 3.06. The molecule has 0 amide bonds. The summed E-state index contributed by atoms with van der Waals surface area (Å²) in [5.74, 6) is 1.51. The molecule has 1 aliphatic heterocycles. The number of halogens is 1. The zero-order valence-electron chi connectivity index (χ0n) is 13.8. The Kier molecular flexibility index (Phi) is 4.47. The number of hydrogen-bond acceptors (Lipinski definition) is 5. The third-order valence-electron chi connectivity index (χ3n) is 4.18. The fourth-order valence-electron chi connectivity index (χ4n) is 2.93. The maximum absolute atomic E-state index is 13.0. The maximum atomic E-state index is 13.0. The molecule has 0 fully saturated rings. The van der Waals surface area contributed by atoms with Crippen LogP contribution in [0.4, 0.5) is 10.2 Å². The minimum Gasteiger partial charge on any atom is -0.491 e. The summed E-state index contributed by atoms with van der Waals surface area (Å²) in [5, 5.41) is 4.37. The number of aromatic nitrogens is 3.